The van der Waals surface area contributed by atoms with Crippen LogP contribution in [-0.4, -0.2) is 53.2 Å². The molecule has 1 aliphatic rings. The zero-order valence-electron chi connectivity index (χ0n) is 15.6. The van der Waals surface area contributed by atoms with Gasteiger partial charge in [0.15, 0.2) is 0 Å². The van der Waals surface area contributed by atoms with E-state index in [1.165, 1.54) is 5.39 Å². The van der Waals surface area contributed by atoms with Crippen LogP contribution in [0.4, 0.5) is 5.82 Å². The number of nitrogens with zero attached hydrogens (tertiary/aromatic N) is 4. The highest BCUT2D eigenvalue weighted by atomic mass is 16.5. The van der Waals surface area contributed by atoms with Gasteiger partial charge in [0, 0.05) is 43.6 Å². The SMILES string of the molecule is CN(CCNc1cc(C2CCOC2)ncn1)Cc1ccc2ccccc2n1. The van der Waals surface area contributed by atoms with Crippen molar-refractivity contribution in [1.29, 1.82) is 0 Å². The fourth-order valence-corrected chi connectivity index (χ4v) is 3.39. The van der Waals surface area contributed by atoms with E-state index in [0.717, 1.165) is 62.0 Å². The van der Waals surface area contributed by atoms with E-state index in [1.54, 1.807) is 6.33 Å². The van der Waals surface area contributed by atoms with Crippen LogP contribution in [0.15, 0.2) is 48.8 Å². The molecular formula is C21H25N5O. The van der Waals surface area contributed by atoms with Gasteiger partial charge >= 0.3 is 0 Å². The van der Waals surface area contributed by atoms with Gasteiger partial charge in [-0.2, -0.15) is 0 Å². The predicted molar refractivity (Wildman–Crippen MR) is 107 cm³/mol. The van der Waals surface area contributed by atoms with Crippen LogP contribution in [0, 0.1) is 0 Å². The minimum Gasteiger partial charge on any atom is -0.381 e. The zero-order valence-corrected chi connectivity index (χ0v) is 15.6. The van der Waals surface area contributed by atoms with Crippen LogP contribution in [-0.2, 0) is 11.3 Å². The second-order valence-electron chi connectivity index (χ2n) is 7.05. The van der Waals surface area contributed by atoms with E-state index in [2.05, 4.69) is 51.5 Å². The number of hydrogen-bond donors (Lipinski definition) is 1. The highest BCUT2D eigenvalue weighted by molar-refractivity contribution is 5.78. The second-order valence-corrected chi connectivity index (χ2v) is 7.05. The zero-order chi connectivity index (χ0) is 18.5. The van der Waals surface area contributed by atoms with Gasteiger partial charge in [-0.05, 0) is 25.6 Å². The van der Waals surface area contributed by atoms with E-state index in [-0.39, 0.29) is 0 Å². The van der Waals surface area contributed by atoms with Crippen molar-refractivity contribution in [3.63, 3.8) is 0 Å². The van der Waals surface area contributed by atoms with Gasteiger partial charge < -0.3 is 10.1 Å². The fourth-order valence-electron chi connectivity index (χ4n) is 3.39. The maximum absolute atomic E-state index is 5.45. The molecule has 3 aromatic rings. The standard InChI is InChI=1S/C21H25N5O/c1-26(13-18-7-6-16-4-2-3-5-19(16)25-18)10-9-22-21-12-20(23-15-24-21)17-8-11-27-14-17/h2-7,12,15,17H,8-11,13-14H2,1H3,(H,22,23,24). The van der Waals surface area contributed by atoms with Gasteiger partial charge in [0.05, 0.1) is 23.5 Å². The summed E-state index contributed by atoms with van der Waals surface area (Å²) in [6.45, 7) is 4.13. The van der Waals surface area contributed by atoms with Crippen molar-refractivity contribution < 1.29 is 4.74 Å². The van der Waals surface area contributed by atoms with Gasteiger partial charge in [-0.3, -0.25) is 9.88 Å². The number of likely N-dealkylation sites (N-methyl/N-ethyl adjacent to an activating group) is 1. The monoisotopic (exact) mass is 363 g/mol. The number of ether oxygens (including phenoxy) is 1. The van der Waals surface area contributed by atoms with Gasteiger partial charge in [-0.1, -0.05) is 24.3 Å². The molecule has 0 amide bonds. The molecule has 1 aliphatic heterocycles. The summed E-state index contributed by atoms with van der Waals surface area (Å²) in [5, 5.41) is 4.58. The number of fused-ring (bicyclic) bond motifs is 1. The fraction of sp³-hybridized carbons (Fsp3) is 0.381. The van der Waals surface area contributed by atoms with Crippen molar-refractivity contribution in [3.05, 3.63) is 60.2 Å². The molecule has 1 N–H and O–H groups in total. The van der Waals surface area contributed by atoms with Gasteiger partial charge in [0.2, 0.25) is 0 Å². The third-order valence-corrected chi connectivity index (χ3v) is 4.92. The molecule has 140 valence electrons. The van der Waals surface area contributed by atoms with Crippen LogP contribution in [0.1, 0.15) is 23.7 Å². The van der Waals surface area contributed by atoms with Crippen LogP contribution in [0.25, 0.3) is 10.9 Å². The minimum atomic E-state index is 0.398. The van der Waals surface area contributed by atoms with E-state index in [4.69, 9.17) is 9.72 Å². The lowest BCUT2D eigenvalue weighted by Gasteiger charge is -2.17. The second kappa shape index (κ2) is 8.41. The molecule has 1 fully saturated rings. The molecule has 0 radical (unpaired) electrons. The van der Waals surface area contributed by atoms with Crippen LogP contribution in [0.5, 0.6) is 0 Å². The number of anilines is 1. The Morgan fingerprint density at radius 2 is 2.11 bits per heavy atom. The average Bonchev–Trinajstić information content (AvgIpc) is 3.23. The van der Waals surface area contributed by atoms with Crippen molar-refractivity contribution in [2.75, 3.05) is 38.7 Å². The number of para-hydroxylation sites is 1. The maximum Gasteiger partial charge on any atom is 0.129 e. The summed E-state index contributed by atoms with van der Waals surface area (Å²) >= 11 is 0. The van der Waals surface area contributed by atoms with Crippen LogP contribution in [0.2, 0.25) is 0 Å². The van der Waals surface area contributed by atoms with Crippen LogP contribution in [0.3, 0.4) is 0 Å². The summed E-state index contributed by atoms with van der Waals surface area (Å²) in [5.41, 5.74) is 3.20. The van der Waals surface area contributed by atoms with Crippen LogP contribution < -0.4 is 5.32 Å². The smallest absolute Gasteiger partial charge is 0.129 e. The summed E-state index contributed by atoms with van der Waals surface area (Å²) in [4.78, 5) is 15.7. The van der Waals surface area contributed by atoms with Crippen molar-refractivity contribution in [3.8, 4) is 0 Å². The maximum atomic E-state index is 5.45. The lowest BCUT2D eigenvalue weighted by atomic mass is 10.1. The Labute approximate surface area is 159 Å². The molecule has 6 nitrogen and oxygen atoms in total. The summed E-state index contributed by atoms with van der Waals surface area (Å²) < 4.78 is 5.45. The molecule has 1 atom stereocenters. The number of hydrogen-bond acceptors (Lipinski definition) is 6. The molecule has 0 aliphatic carbocycles. The topological polar surface area (TPSA) is 63.2 Å². The summed E-state index contributed by atoms with van der Waals surface area (Å²) in [6, 6.07) is 14.5. The molecule has 1 unspecified atom stereocenters. The minimum absolute atomic E-state index is 0.398. The number of aromatic nitrogens is 3. The summed E-state index contributed by atoms with van der Waals surface area (Å²) in [6.07, 6.45) is 2.68. The molecule has 0 spiro atoms. The van der Waals surface area contributed by atoms with Gasteiger partial charge in [-0.25, -0.2) is 9.97 Å². The Balaban J connectivity index is 1.29. The number of benzene rings is 1. The van der Waals surface area contributed by atoms with Crippen LogP contribution >= 0.6 is 0 Å². The largest absolute Gasteiger partial charge is 0.381 e. The van der Waals surface area contributed by atoms with Gasteiger partial charge in [-0.15, -0.1) is 0 Å². The molecule has 6 heteroatoms. The van der Waals surface area contributed by atoms with Crippen molar-refractivity contribution >= 4 is 16.7 Å². The average molecular weight is 363 g/mol. The lowest BCUT2D eigenvalue weighted by molar-refractivity contribution is 0.193. The quantitative estimate of drug-likeness (QED) is 0.696. The third kappa shape index (κ3) is 4.59. The first kappa shape index (κ1) is 17.8. The van der Waals surface area contributed by atoms with Gasteiger partial charge in [0.1, 0.15) is 12.1 Å². The Hall–Kier alpha value is -2.57. The van der Waals surface area contributed by atoms with E-state index in [0.29, 0.717) is 5.92 Å². The highest BCUT2D eigenvalue weighted by Crippen LogP contribution is 2.24. The normalized spacial score (nSPS) is 16.9. The molecule has 2 aromatic heterocycles. The number of pyridine rings is 1. The molecule has 3 heterocycles. The Bertz CT molecular complexity index is 894. The predicted octanol–water partition coefficient (Wildman–Crippen LogP) is 3.07. The third-order valence-electron chi connectivity index (χ3n) is 4.92. The number of nitrogens with one attached hydrogen (secondary N) is 1. The molecule has 4 rings (SSSR count). The molecule has 1 saturated heterocycles. The highest BCUT2D eigenvalue weighted by Gasteiger charge is 2.19. The first-order chi connectivity index (χ1) is 13.3. The molecule has 1 aromatic carbocycles. The van der Waals surface area contributed by atoms with Gasteiger partial charge in [0.25, 0.3) is 0 Å². The first-order valence-electron chi connectivity index (χ1n) is 9.45. The molecule has 27 heavy (non-hydrogen) atoms. The van der Waals surface area contributed by atoms with Crippen molar-refractivity contribution in [1.82, 2.24) is 19.9 Å². The lowest BCUT2D eigenvalue weighted by Crippen LogP contribution is -2.25. The Kier molecular flexibility index (Phi) is 5.55. The Morgan fingerprint density at radius 3 is 3.00 bits per heavy atom. The van der Waals surface area contributed by atoms with Crippen molar-refractivity contribution in [2.24, 2.45) is 0 Å². The van der Waals surface area contributed by atoms with E-state index >= 15 is 0 Å². The molecule has 0 bridgehead atoms. The van der Waals surface area contributed by atoms with E-state index in [9.17, 15) is 0 Å². The Morgan fingerprint density at radius 1 is 1.19 bits per heavy atom. The summed E-state index contributed by atoms with van der Waals surface area (Å²) in [5.74, 6) is 1.28. The first-order valence-corrected chi connectivity index (χ1v) is 9.45. The molecule has 0 saturated carbocycles. The van der Waals surface area contributed by atoms with E-state index < -0.39 is 0 Å². The summed E-state index contributed by atoms with van der Waals surface area (Å²) in [7, 11) is 2.11. The molecular weight excluding hydrogens is 338 g/mol. The van der Waals surface area contributed by atoms with E-state index in [1.807, 2.05) is 18.2 Å². The number of rotatable bonds is 7. The van der Waals surface area contributed by atoms with Crippen molar-refractivity contribution in [2.45, 2.75) is 18.9 Å².